The van der Waals surface area contributed by atoms with E-state index in [1.807, 2.05) is 0 Å². The first-order valence-electron chi connectivity index (χ1n) is 5.20. The van der Waals surface area contributed by atoms with Gasteiger partial charge in [0, 0.05) is 0 Å². The topological polar surface area (TPSA) is 73.1 Å². The molecule has 2 unspecified atom stereocenters. The molecule has 0 saturated carbocycles. The van der Waals surface area contributed by atoms with Gasteiger partial charge in [-0.05, 0) is 19.8 Å². The van der Waals surface area contributed by atoms with Crippen molar-refractivity contribution in [3.63, 3.8) is 0 Å². The molecule has 2 atom stereocenters. The van der Waals surface area contributed by atoms with Gasteiger partial charge in [-0.1, -0.05) is 11.6 Å². The Labute approximate surface area is 99.1 Å². The summed E-state index contributed by atoms with van der Waals surface area (Å²) in [5.74, 6) is 0.728. The Hall–Kier alpha value is -0.620. The van der Waals surface area contributed by atoms with Crippen LogP contribution >= 0.6 is 11.6 Å². The van der Waals surface area contributed by atoms with E-state index in [-0.39, 0.29) is 17.0 Å². The molecular weight excluding hydrogens is 252 g/mol. The van der Waals surface area contributed by atoms with Gasteiger partial charge in [0.25, 0.3) is 0 Å². The van der Waals surface area contributed by atoms with Gasteiger partial charge in [0.1, 0.15) is 5.25 Å². The summed E-state index contributed by atoms with van der Waals surface area (Å²) < 4.78 is 28.6. The van der Waals surface area contributed by atoms with E-state index in [4.69, 9.17) is 16.1 Å². The number of sulfone groups is 1. The van der Waals surface area contributed by atoms with Crippen LogP contribution < -0.4 is 0 Å². The number of rotatable bonds is 2. The fraction of sp³-hybridized carbons (Fsp3) is 0.778. The Kier molecular flexibility index (Phi) is 3.21. The van der Waals surface area contributed by atoms with Crippen molar-refractivity contribution < 1.29 is 12.9 Å². The molecule has 0 aliphatic carbocycles. The van der Waals surface area contributed by atoms with Crippen LogP contribution in [0.3, 0.4) is 0 Å². The zero-order valence-corrected chi connectivity index (χ0v) is 10.5. The van der Waals surface area contributed by atoms with Crippen LogP contribution in [0, 0.1) is 0 Å². The van der Waals surface area contributed by atoms with Crippen molar-refractivity contribution in [2.24, 2.45) is 0 Å². The molecule has 1 aromatic rings. The molecule has 2 rings (SSSR count). The predicted octanol–water partition coefficient (Wildman–Crippen LogP) is 2.01. The summed E-state index contributed by atoms with van der Waals surface area (Å²) in [6, 6.07) is 0. The number of nitrogens with zero attached hydrogens (tertiary/aromatic N) is 2. The quantitative estimate of drug-likeness (QED) is 0.764. The maximum absolute atomic E-state index is 11.8. The Morgan fingerprint density at radius 3 is 2.81 bits per heavy atom. The highest BCUT2D eigenvalue weighted by Gasteiger charge is 2.34. The lowest BCUT2D eigenvalue weighted by Crippen LogP contribution is -2.21. The van der Waals surface area contributed by atoms with Crippen molar-refractivity contribution >= 4 is 21.4 Å². The first kappa shape index (κ1) is 11.9. The molecule has 1 aromatic heterocycles. The van der Waals surface area contributed by atoms with Gasteiger partial charge >= 0.3 is 0 Å². The van der Waals surface area contributed by atoms with E-state index in [9.17, 15) is 8.42 Å². The summed E-state index contributed by atoms with van der Waals surface area (Å²) in [5.41, 5.74) is 0. The molecule has 0 radical (unpaired) electrons. The van der Waals surface area contributed by atoms with Crippen LogP contribution in [0.2, 0.25) is 0 Å². The average molecular weight is 265 g/mol. The van der Waals surface area contributed by atoms with Crippen molar-refractivity contribution in [3.05, 3.63) is 11.7 Å². The standard InChI is InChI=1S/C9H13ClN2O3S/c1-6(10)8-11-9(15-12-8)7-4-2-3-5-16(7,13)14/h6-7H,2-5H2,1H3. The van der Waals surface area contributed by atoms with Gasteiger partial charge in [0.2, 0.25) is 5.89 Å². The van der Waals surface area contributed by atoms with E-state index < -0.39 is 15.1 Å². The van der Waals surface area contributed by atoms with Gasteiger partial charge in [0.05, 0.1) is 11.1 Å². The molecule has 2 heterocycles. The molecule has 0 aromatic carbocycles. The number of alkyl halides is 1. The lowest BCUT2D eigenvalue weighted by Gasteiger charge is -2.18. The van der Waals surface area contributed by atoms with Gasteiger partial charge in [-0.15, -0.1) is 11.6 Å². The van der Waals surface area contributed by atoms with Crippen LogP contribution in [0.1, 0.15) is 48.5 Å². The molecule has 7 heteroatoms. The fourth-order valence-electron chi connectivity index (χ4n) is 1.77. The Balaban J connectivity index is 2.29. The van der Waals surface area contributed by atoms with Crippen LogP contribution in [0.5, 0.6) is 0 Å². The minimum Gasteiger partial charge on any atom is -0.338 e. The summed E-state index contributed by atoms with van der Waals surface area (Å²) in [4.78, 5) is 4.04. The lowest BCUT2D eigenvalue weighted by molar-refractivity contribution is 0.359. The second kappa shape index (κ2) is 4.33. The van der Waals surface area contributed by atoms with Crippen molar-refractivity contribution in [3.8, 4) is 0 Å². The first-order valence-corrected chi connectivity index (χ1v) is 7.35. The van der Waals surface area contributed by atoms with Crippen LogP contribution in [-0.4, -0.2) is 24.3 Å². The minimum atomic E-state index is -3.13. The van der Waals surface area contributed by atoms with Crippen molar-refractivity contribution in [2.45, 2.75) is 36.8 Å². The second-order valence-corrected chi connectivity index (χ2v) is 6.92. The summed E-state index contributed by atoms with van der Waals surface area (Å²) >= 11 is 5.79. The van der Waals surface area contributed by atoms with Crippen molar-refractivity contribution in [1.29, 1.82) is 0 Å². The summed E-state index contributed by atoms with van der Waals surface area (Å²) in [6.07, 6.45) is 2.14. The van der Waals surface area contributed by atoms with Crippen LogP contribution in [-0.2, 0) is 9.84 Å². The van der Waals surface area contributed by atoms with E-state index in [0.29, 0.717) is 18.7 Å². The fourth-order valence-corrected chi connectivity index (χ4v) is 3.68. The molecule has 1 saturated heterocycles. The SMILES string of the molecule is CC(Cl)c1noc(C2CCCCS2(=O)=O)n1. The van der Waals surface area contributed by atoms with Gasteiger partial charge in [-0.25, -0.2) is 8.42 Å². The van der Waals surface area contributed by atoms with Crippen molar-refractivity contribution in [2.75, 3.05) is 5.75 Å². The van der Waals surface area contributed by atoms with Gasteiger partial charge in [-0.2, -0.15) is 4.98 Å². The Bertz CT molecular complexity index is 469. The van der Waals surface area contributed by atoms with Crippen molar-refractivity contribution in [1.82, 2.24) is 10.1 Å². The molecule has 90 valence electrons. The molecule has 0 amide bonds. The highest BCUT2D eigenvalue weighted by molar-refractivity contribution is 7.91. The summed E-state index contributed by atoms with van der Waals surface area (Å²) in [5, 5.41) is 2.66. The average Bonchev–Trinajstić information content (AvgIpc) is 2.65. The molecule has 0 bridgehead atoms. The number of hydrogen-bond acceptors (Lipinski definition) is 5. The van der Waals surface area contributed by atoms with Crippen LogP contribution in [0.15, 0.2) is 4.52 Å². The maximum atomic E-state index is 11.8. The maximum Gasteiger partial charge on any atom is 0.245 e. The molecule has 0 spiro atoms. The largest absolute Gasteiger partial charge is 0.338 e. The third-order valence-corrected chi connectivity index (χ3v) is 5.02. The highest BCUT2D eigenvalue weighted by Crippen LogP contribution is 2.33. The van der Waals surface area contributed by atoms with Crippen LogP contribution in [0.25, 0.3) is 0 Å². The normalized spacial score (nSPS) is 26.5. The zero-order chi connectivity index (χ0) is 11.8. The monoisotopic (exact) mass is 264 g/mol. The zero-order valence-electron chi connectivity index (χ0n) is 8.89. The Morgan fingerprint density at radius 1 is 1.50 bits per heavy atom. The molecular formula is C9H13ClN2O3S. The third kappa shape index (κ3) is 2.22. The van der Waals surface area contributed by atoms with E-state index >= 15 is 0 Å². The van der Waals surface area contributed by atoms with E-state index in [1.165, 1.54) is 0 Å². The number of hydrogen-bond donors (Lipinski definition) is 0. The van der Waals surface area contributed by atoms with Crippen LogP contribution in [0.4, 0.5) is 0 Å². The van der Waals surface area contributed by atoms with Gasteiger partial charge in [0.15, 0.2) is 15.7 Å². The Morgan fingerprint density at radius 2 is 2.25 bits per heavy atom. The molecule has 1 aliphatic heterocycles. The number of aromatic nitrogens is 2. The molecule has 16 heavy (non-hydrogen) atoms. The lowest BCUT2D eigenvalue weighted by atomic mass is 10.2. The second-order valence-electron chi connectivity index (χ2n) is 3.96. The van der Waals surface area contributed by atoms with Gasteiger partial charge < -0.3 is 4.52 Å². The molecule has 1 fully saturated rings. The number of halogens is 1. The minimum absolute atomic E-state index is 0.183. The molecule has 1 aliphatic rings. The molecule has 5 nitrogen and oxygen atoms in total. The highest BCUT2D eigenvalue weighted by atomic mass is 35.5. The van der Waals surface area contributed by atoms with E-state index in [0.717, 1.165) is 6.42 Å². The smallest absolute Gasteiger partial charge is 0.245 e. The van der Waals surface area contributed by atoms with E-state index in [2.05, 4.69) is 10.1 Å². The predicted molar refractivity (Wildman–Crippen MR) is 58.9 cm³/mol. The summed E-state index contributed by atoms with van der Waals surface area (Å²) in [7, 11) is -3.13. The molecule has 0 N–H and O–H groups in total. The van der Waals surface area contributed by atoms with Gasteiger partial charge in [-0.3, -0.25) is 0 Å². The first-order chi connectivity index (χ1) is 7.50. The summed E-state index contributed by atoms with van der Waals surface area (Å²) in [6.45, 7) is 1.71. The third-order valence-electron chi connectivity index (χ3n) is 2.67. The van der Waals surface area contributed by atoms with E-state index in [1.54, 1.807) is 6.92 Å².